The van der Waals surface area contributed by atoms with Crippen LogP contribution in [0.4, 0.5) is 34.1 Å². The Morgan fingerprint density at radius 2 is 0.931 bits per heavy atom. The van der Waals surface area contributed by atoms with E-state index in [1.807, 2.05) is 12.1 Å². The molecule has 438 valence electrons. The first-order valence-electron chi connectivity index (χ1n) is 29.6. The summed E-state index contributed by atoms with van der Waals surface area (Å²) in [6, 6.07) is 48.2. The van der Waals surface area contributed by atoms with Crippen LogP contribution >= 0.6 is 0 Å². The highest BCUT2D eigenvalue weighted by atomic mass is 17.0. The highest BCUT2D eigenvalue weighted by Crippen LogP contribution is 2.55. The van der Waals surface area contributed by atoms with Gasteiger partial charge in [0.1, 0.15) is 18.9 Å². The van der Waals surface area contributed by atoms with Gasteiger partial charge in [0.15, 0.2) is 23.0 Å². The molecule has 9 aromatic carbocycles. The van der Waals surface area contributed by atoms with Gasteiger partial charge in [-0.25, -0.2) is 0 Å². The molecule has 0 fully saturated rings. The second-order valence-corrected chi connectivity index (χ2v) is 28.5. The molecule has 14 heteroatoms. The number of aromatic hydroxyl groups is 7. The van der Waals surface area contributed by atoms with Crippen LogP contribution in [0.1, 0.15) is 130 Å². The quantitative estimate of drug-likeness (QED) is 0.0386. The van der Waals surface area contributed by atoms with Crippen molar-refractivity contribution in [3.05, 3.63) is 167 Å². The summed E-state index contributed by atoms with van der Waals surface area (Å²) in [5.41, 5.74) is 15.6. The van der Waals surface area contributed by atoms with E-state index in [9.17, 15) is 35.7 Å². The van der Waals surface area contributed by atoms with E-state index < -0.39 is 85.5 Å². The van der Waals surface area contributed by atoms with Gasteiger partial charge < -0.3 is 45.5 Å². The molecule has 0 atom stereocenters. The SMILES string of the molecule is [B]c1c(O)c(O)c2c(ooc3c(O)c(O)c(O)c(O)c3n2-c2ccc3c(c2)N(c2ccc4c(c2)C(C)(C)c2ccccc2-4)c2cc(C(C)(C)C)cc4c2B3c2cc(C(C)(C)C)ccc2N4c2ccc(C(C)(C)C)cc2-c2ccc(C(C)(C)C)cc2)c1O. The van der Waals surface area contributed by atoms with Crippen molar-refractivity contribution >= 4 is 92.7 Å². The molecular weight excluding hydrogens is 1080 g/mol. The van der Waals surface area contributed by atoms with Gasteiger partial charge in [0, 0.05) is 45.1 Å². The molecule has 0 amide bonds. The summed E-state index contributed by atoms with van der Waals surface area (Å²) in [6.07, 6.45) is 0. The van der Waals surface area contributed by atoms with Crippen molar-refractivity contribution in [2.24, 2.45) is 0 Å². The van der Waals surface area contributed by atoms with Crippen LogP contribution in [0.25, 0.3) is 50.1 Å². The van der Waals surface area contributed by atoms with E-state index in [1.165, 1.54) is 21.3 Å². The Hall–Kier alpha value is -9.29. The Balaban J connectivity index is 1.19. The second kappa shape index (κ2) is 18.9. The van der Waals surface area contributed by atoms with Crippen LogP contribution in [0.5, 0.6) is 40.2 Å². The maximum absolute atomic E-state index is 12.1. The zero-order chi connectivity index (χ0) is 62.3. The molecular formula is C73H71B2N3O9. The van der Waals surface area contributed by atoms with Crippen LogP contribution in [0.15, 0.2) is 143 Å². The summed E-state index contributed by atoms with van der Waals surface area (Å²) in [7, 11) is 6.15. The van der Waals surface area contributed by atoms with Gasteiger partial charge in [-0.05, 0) is 148 Å². The van der Waals surface area contributed by atoms with E-state index in [2.05, 4.69) is 222 Å². The fraction of sp³-hybridized carbons (Fsp3) is 0.260. The largest absolute Gasteiger partial charge is 0.505 e. The normalized spacial score (nSPS) is 14.3. The minimum absolute atomic E-state index is 0.0566. The summed E-state index contributed by atoms with van der Waals surface area (Å²) in [5.74, 6) is -6.97. The molecule has 1 aromatic heterocycles. The lowest BCUT2D eigenvalue weighted by atomic mass is 9.33. The predicted octanol–water partition coefficient (Wildman–Crippen LogP) is 15.1. The predicted molar refractivity (Wildman–Crippen MR) is 352 cm³/mol. The number of benzene rings is 9. The van der Waals surface area contributed by atoms with Gasteiger partial charge >= 0.3 is 0 Å². The Bertz CT molecular complexity index is 4570. The van der Waals surface area contributed by atoms with Crippen molar-refractivity contribution in [1.29, 1.82) is 0 Å². The molecule has 13 rings (SSSR count). The van der Waals surface area contributed by atoms with Gasteiger partial charge in [-0.2, -0.15) is 0 Å². The number of aromatic nitrogens is 1. The standard InChI is InChI=1S/C73H71B2N3O9/c1-69(2,3)38-21-19-37(20-22-38)46-31-39(70(4,5)6)23-29-51(46)78-52-30-24-40(71(7,8)9)32-50(52)75-49-28-26-43(77-58-62(81)60(79)56(74)61(80)67(58)86-87-68-59(77)63(82)64(83)65(84)66(68)85)36-53(49)76(54-33-41(72(10,11)12)34-55(78)57(54)75)42-25-27-45-44-17-15-16-18-47(44)73(13,14)48(45)35-42/h15-36,79-85H,1-14H3. The van der Waals surface area contributed by atoms with Crippen molar-refractivity contribution in [3.8, 4) is 68.2 Å². The third-order valence-electron chi connectivity index (χ3n) is 18.4. The Morgan fingerprint density at radius 1 is 0.402 bits per heavy atom. The first-order valence-corrected chi connectivity index (χ1v) is 29.6. The van der Waals surface area contributed by atoms with Crippen molar-refractivity contribution in [2.75, 3.05) is 9.80 Å². The first kappa shape index (κ1) is 56.8. The molecule has 87 heavy (non-hydrogen) atoms. The zero-order valence-corrected chi connectivity index (χ0v) is 51.6. The van der Waals surface area contributed by atoms with E-state index in [1.54, 1.807) is 6.07 Å². The van der Waals surface area contributed by atoms with Crippen LogP contribution in [0.3, 0.4) is 0 Å². The molecule has 2 radical (unpaired) electrons. The van der Waals surface area contributed by atoms with Gasteiger partial charge in [0.05, 0.1) is 5.69 Å². The van der Waals surface area contributed by atoms with E-state index >= 15 is 0 Å². The van der Waals surface area contributed by atoms with Crippen molar-refractivity contribution < 1.29 is 44.9 Å². The van der Waals surface area contributed by atoms with Crippen molar-refractivity contribution in [1.82, 2.24) is 4.57 Å². The molecule has 0 saturated heterocycles. The van der Waals surface area contributed by atoms with Crippen molar-refractivity contribution in [3.63, 3.8) is 0 Å². The van der Waals surface area contributed by atoms with E-state index in [4.69, 9.17) is 17.0 Å². The number of fused-ring (bicyclic) bond motifs is 9. The third kappa shape index (κ3) is 8.48. The zero-order valence-electron chi connectivity index (χ0n) is 51.6. The average molecular weight is 1160 g/mol. The lowest BCUT2D eigenvalue weighted by Crippen LogP contribution is -2.61. The number of anilines is 6. The minimum atomic E-state index is -1.13. The molecule has 0 saturated carbocycles. The summed E-state index contributed by atoms with van der Waals surface area (Å²) in [4.78, 5) is 4.74. The van der Waals surface area contributed by atoms with Crippen LogP contribution < -0.4 is 31.7 Å². The molecule has 0 bridgehead atoms. The number of hydrogen-bond donors (Lipinski definition) is 7. The molecule has 12 nitrogen and oxygen atoms in total. The monoisotopic (exact) mass is 1160 g/mol. The second-order valence-electron chi connectivity index (χ2n) is 28.5. The number of phenolic OH excluding ortho intramolecular Hbond substituents is 7. The average Bonchev–Trinajstić information content (AvgIpc) is 0.783. The lowest BCUT2D eigenvalue weighted by molar-refractivity contribution is 0.0873. The van der Waals surface area contributed by atoms with E-state index in [0.29, 0.717) is 5.69 Å². The highest BCUT2D eigenvalue weighted by molar-refractivity contribution is 7.00. The number of hydrogen-bond acceptors (Lipinski definition) is 11. The van der Waals surface area contributed by atoms with E-state index in [-0.39, 0.29) is 21.9 Å². The van der Waals surface area contributed by atoms with Crippen LogP contribution in [-0.2, 0) is 27.1 Å². The molecule has 7 N–H and O–H groups in total. The van der Waals surface area contributed by atoms with Gasteiger partial charge in [0.25, 0.3) is 12.3 Å². The Kier molecular flexibility index (Phi) is 12.3. The summed E-state index contributed by atoms with van der Waals surface area (Å²) >= 11 is 0. The van der Waals surface area contributed by atoms with Crippen molar-refractivity contribution in [2.45, 2.75) is 124 Å². The Morgan fingerprint density at radius 3 is 1.56 bits per heavy atom. The van der Waals surface area contributed by atoms with Gasteiger partial charge in [-0.15, -0.1) is 0 Å². The maximum atomic E-state index is 12.1. The highest BCUT2D eigenvalue weighted by Gasteiger charge is 2.46. The van der Waals surface area contributed by atoms with Crippen LogP contribution in [-0.4, -0.2) is 54.9 Å². The smallest absolute Gasteiger partial charge is 0.252 e. The molecule has 0 unspecified atom stereocenters. The topological polar surface area (TPSA) is 179 Å². The summed E-state index contributed by atoms with van der Waals surface area (Å²) in [6.45, 7) is 30.9. The van der Waals surface area contributed by atoms with Crippen LogP contribution in [0.2, 0.25) is 0 Å². The molecule has 3 heterocycles. The van der Waals surface area contributed by atoms with E-state index in [0.717, 1.165) is 83.8 Å². The molecule has 10 aromatic rings. The fourth-order valence-electron chi connectivity index (χ4n) is 13.4. The van der Waals surface area contributed by atoms with Gasteiger partial charge in [-0.3, -0.25) is 13.7 Å². The fourth-order valence-corrected chi connectivity index (χ4v) is 13.4. The summed E-state index contributed by atoms with van der Waals surface area (Å²) in [5, 5.41) is 80.9. The molecule has 1 aliphatic carbocycles. The molecule has 3 aliphatic rings. The summed E-state index contributed by atoms with van der Waals surface area (Å²) < 4.78 is 12.4. The van der Waals surface area contributed by atoms with Gasteiger partial charge in [0.2, 0.25) is 22.8 Å². The van der Waals surface area contributed by atoms with Crippen LogP contribution in [0, 0.1) is 0 Å². The minimum Gasteiger partial charge on any atom is -0.505 e. The molecule has 0 spiro atoms. The third-order valence-corrected chi connectivity index (χ3v) is 18.4. The maximum Gasteiger partial charge on any atom is 0.252 e. The first-order chi connectivity index (χ1) is 40.8. The molecule has 2 aliphatic heterocycles. The Labute approximate surface area is 508 Å². The van der Waals surface area contributed by atoms with Gasteiger partial charge in [-0.1, -0.05) is 176 Å². The number of phenols is 7. The number of rotatable bonds is 4. The number of nitrogens with zero attached hydrogens (tertiary/aromatic N) is 3. The lowest BCUT2D eigenvalue weighted by Gasteiger charge is -2.46.